The van der Waals surface area contributed by atoms with Gasteiger partial charge in [0.2, 0.25) is 0 Å². The zero-order chi connectivity index (χ0) is 9.31. The number of hydrogen-bond donors (Lipinski definition) is 1. The molecule has 0 saturated carbocycles. The number of hydrogen-bond acceptors (Lipinski definition) is 4. The highest BCUT2D eigenvalue weighted by Gasteiger charge is 2.31. The Hall–Kier alpha value is -0.940. The molecule has 1 aliphatic rings. The van der Waals surface area contributed by atoms with Gasteiger partial charge in [-0.2, -0.15) is 0 Å². The predicted octanol–water partition coefficient (Wildman–Crippen LogP) is -0.525. The Labute approximate surface area is 76.9 Å². The van der Waals surface area contributed by atoms with Gasteiger partial charge in [-0.25, -0.2) is 0 Å². The van der Waals surface area contributed by atoms with Crippen LogP contribution in [0, 0.1) is 0 Å². The Kier molecular flexibility index (Phi) is 2.05. The molecule has 0 radical (unpaired) electrons. The third-order valence-electron chi connectivity index (χ3n) is 2.32. The molecular formula is C8H14N4O. The number of nitrogens with zero attached hydrogens (tertiary/aromatic N) is 3. The number of aryl methyl sites for hydroxylation is 1. The average molecular weight is 182 g/mol. The van der Waals surface area contributed by atoms with Gasteiger partial charge in [0.1, 0.15) is 0 Å². The Bertz CT molecular complexity index is 290. The summed E-state index contributed by atoms with van der Waals surface area (Å²) in [7, 11) is 1.85. The molecule has 2 heterocycles. The van der Waals surface area contributed by atoms with Crippen molar-refractivity contribution in [2.24, 2.45) is 12.8 Å². The summed E-state index contributed by atoms with van der Waals surface area (Å²) >= 11 is 0. The van der Waals surface area contributed by atoms with Gasteiger partial charge >= 0.3 is 0 Å². The Morgan fingerprint density at radius 3 is 3.15 bits per heavy atom. The molecule has 1 aromatic rings. The Balaban J connectivity index is 2.04. The van der Waals surface area contributed by atoms with E-state index in [1.807, 2.05) is 13.2 Å². The molecule has 13 heavy (non-hydrogen) atoms. The predicted molar refractivity (Wildman–Crippen MR) is 47.1 cm³/mol. The van der Waals surface area contributed by atoms with Gasteiger partial charge in [0, 0.05) is 31.8 Å². The lowest BCUT2D eigenvalue weighted by molar-refractivity contribution is 0.178. The highest BCUT2D eigenvalue weighted by molar-refractivity contribution is 5.03. The van der Waals surface area contributed by atoms with Gasteiger partial charge in [-0.05, 0) is 6.42 Å². The first-order chi connectivity index (χ1) is 6.18. The minimum absolute atomic E-state index is 0.226. The van der Waals surface area contributed by atoms with Gasteiger partial charge in [0.05, 0.1) is 12.3 Å². The number of nitrogens with two attached hydrogens (primary N) is 1. The van der Waals surface area contributed by atoms with Crippen molar-refractivity contribution in [3.8, 4) is 0 Å². The highest BCUT2D eigenvalue weighted by Crippen LogP contribution is 2.19. The maximum absolute atomic E-state index is 6.10. The van der Waals surface area contributed by atoms with Crippen LogP contribution in [0.1, 0.15) is 12.1 Å². The lowest BCUT2D eigenvalue weighted by Gasteiger charge is -2.19. The van der Waals surface area contributed by atoms with Crippen LogP contribution in [0.3, 0.4) is 0 Å². The number of aromatic nitrogens is 3. The lowest BCUT2D eigenvalue weighted by Crippen LogP contribution is -2.42. The van der Waals surface area contributed by atoms with Crippen LogP contribution in [-0.4, -0.2) is 33.7 Å². The van der Waals surface area contributed by atoms with Crippen molar-refractivity contribution < 1.29 is 4.74 Å². The summed E-state index contributed by atoms with van der Waals surface area (Å²) in [6.07, 6.45) is 3.55. The van der Waals surface area contributed by atoms with Crippen molar-refractivity contribution in [1.29, 1.82) is 0 Å². The van der Waals surface area contributed by atoms with E-state index in [1.54, 1.807) is 4.68 Å². The Morgan fingerprint density at radius 1 is 1.77 bits per heavy atom. The van der Waals surface area contributed by atoms with Crippen LogP contribution in [-0.2, 0) is 18.2 Å². The number of rotatable bonds is 2. The first-order valence-corrected chi connectivity index (χ1v) is 4.40. The molecule has 0 spiro atoms. The summed E-state index contributed by atoms with van der Waals surface area (Å²) in [5.41, 5.74) is 6.81. The van der Waals surface area contributed by atoms with Crippen molar-refractivity contribution in [2.75, 3.05) is 13.2 Å². The molecule has 72 valence electrons. The van der Waals surface area contributed by atoms with E-state index in [-0.39, 0.29) is 5.54 Å². The van der Waals surface area contributed by atoms with Crippen LogP contribution < -0.4 is 5.73 Å². The van der Waals surface area contributed by atoms with E-state index in [0.29, 0.717) is 6.61 Å². The van der Waals surface area contributed by atoms with Crippen LogP contribution in [0.5, 0.6) is 0 Å². The van der Waals surface area contributed by atoms with Crippen molar-refractivity contribution in [3.63, 3.8) is 0 Å². The van der Waals surface area contributed by atoms with E-state index in [1.165, 1.54) is 0 Å². The smallest absolute Gasteiger partial charge is 0.0846 e. The fourth-order valence-corrected chi connectivity index (χ4v) is 1.60. The molecule has 0 bridgehead atoms. The van der Waals surface area contributed by atoms with Crippen molar-refractivity contribution in [1.82, 2.24) is 15.0 Å². The SMILES string of the molecule is Cn1cc(CC2(N)CCOC2)nn1. The molecule has 1 unspecified atom stereocenters. The monoisotopic (exact) mass is 182 g/mol. The van der Waals surface area contributed by atoms with Crippen LogP contribution in [0.4, 0.5) is 0 Å². The molecule has 1 aromatic heterocycles. The fourth-order valence-electron chi connectivity index (χ4n) is 1.60. The molecule has 0 aliphatic carbocycles. The summed E-state index contributed by atoms with van der Waals surface area (Å²) < 4.78 is 6.95. The van der Waals surface area contributed by atoms with Gasteiger partial charge in [-0.3, -0.25) is 4.68 Å². The maximum Gasteiger partial charge on any atom is 0.0846 e. The molecule has 0 amide bonds. The first-order valence-electron chi connectivity index (χ1n) is 4.40. The zero-order valence-corrected chi connectivity index (χ0v) is 7.73. The molecule has 1 atom stereocenters. The minimum Gasteiger partial charge on any atom is -0.379 e. The molecule has 0 aromatic carbocycles. The minimum atomic E-state index is -0.226. The lowest BCUT2D eigenvalue weighted by atomic mass is 9.94. The zero-order valence-electron chi connectivity index (χ0n) is 7.73. The van der Waals surface area contributed by atoms with Crippen LogP contribution in [0.2, 0.25) is 0 Å². The van der Waals surface area contributed by atoms with Gasteiger partial charge in [-0.1, -0.05) is 5.21 Å². The van der Waals surface area contributed by atoms with Crippen LogP contribution >= 0.6 is 0 Å². The maximum atomic E-state index is 6.10. The molecule has 5 heteroatoms. The summed E-state index contributed by atoms with van der Waals surface area (Å²) in [5.74, 6) is 0. The van der Waals surface area contributed by atoms with E-state index in [0.717, 1.165) is 25.1 Å². The standard InChI is InChI=1S/C8H14N4O/c1-12-5-7(10-11-12)4-8(9)2-3-13-6-8/h5H,2-4,6,9H2,1H3. The molecule has 1 aliphatic heterocycles. The molecule has 2 rings (SSSR count). The largest absolute Gasteiger partial charge is 0.379 e. The molecular weight excluding hydrogens is 168 g/mol. The summed E-state index contributed by atoms with van der Waals surface area (Å²) in [6, 6.07) is 0. The van der Waals surface area contributed by atoms with Gasteiger partial charge in [-0.15, -0.1) is 5.10 Å². The normalized spacial score (nSPS) is 28.2. The van der Waals surface area contributed by atoms with Gasteiger partial charge in [0.15, 0.2) is 0 Å². The molecule has 1 fully saturated rings. The fraction of sp³-hybridized carbons (Fsp3) is 0.750. The summed E-state index contributed by atoms with van der Waals surface area (Å²) in [6.45, 7) is 1.39. The first kappa shape index (κ1) is 8.65. The molecule has 1 saturated heterocycles. The summed E-state index contributed by atoms with van der Waals surface area (Å²) in [4.78, 5) is 0. The van der Waals surface area contributed by atoms with Crippen molar-refractivity contribution in [3.05, 3.63) is 11.9 Å². The summed E-state index contributed by atoms with van der Waals surface area (Å²) in [5, 5.41) is 7.86. The number of ether oxygens (including phenoxy) is 1. The quantitative estimate of drug-likeness (QED) is 0.668. The van der Waals surface area contributed by atoms with E-state index in [9.17, 15) is 0 Å². The third kappa shape index (κ3) is 1.87. The van der Waals surface area contributed by atoms with E-state index in [2.05, 4.69) is 10.3 Å². The van der Waals surface area contributed by atoms with Gasteiger partial charge in [0.25, 0.3) is 0 Å². The Morgan fingerprint density at radius 2 is 2.62 bits per heavy atom. The average Bonchev–Trinajstić information content (AvgIpc) is 2.62. The van der Waals surface area contributed by atoms with E-state index < -0.39 is 0 Å². The van der Waals surface area contributed by atoms with Crippen LogP contribution in [0.25, 0.3) is 0 Å². The second-order valence-corrected chi connectivity index (χ2v) is 3.73. The molecule has 5 nitrogen and oxygen atoms in total. The second kappa shape index (κ2) is 3.08. The second-order valence-electron chi connectivity index (χ2n) is 3.73. The van der Waals surface area contributed by atoms with Crippen molar-refractivity contribution in [2.45, 2.75) is 18.4 Å². The third-order valence-corrected chi connectivity index (χ3v) is 2.32. The molecule has 2 N–H and O–H groups in total. The van der Waals surface area contributed by atoms with Crippen molar-refractivity contribution >= 4 is 0 Å². The van der Waals surface area contributed by atoms with Crippen LogP contribution in [0.15, 0.2) is 6.20 Å². The van der Waals surface area contributed by atoms with E-state index in [4.69, 9.17) is 10.5 Å². The van der Waals surface area contributed by atoms with Gasteiger partial charge < -0.3 is 10.5 Å². The highest BCUT2D eigenvalue weighted by atomic mass is 16.5. The topological polar surface area (TPSA) is 66.0 Å². The van der Waals surface area contributed by atoms with E-state index >= 15 is 0 Å².